The number of hydrogen-bond donors (Lipinski definition) is 2. The van der Waals surface area contributed by atoms with Crippen molar-refractivity contribution in [1.82, 2.24) is 10.9 Å². The van der Waals surface area contributed by atoms with E-state index in [1.807, 2.05) is 48.5 Å². The maximum atomic E-state index is 12.5. The van der Waals surface area contributed by atoms with Gasteiger partial charge in [0.05, 0.1) is 12.2 Å². The summed E-state index contributed by atoms with van der Waals surface area (Å²) in [5.41, 5.74) is 7.84. The zero-order valence-electron chi connectivity index (χ0n) is 16.4. The van der Waals surface area contributed by atoms with Crippen LogP contribution < -0.4 is 15.6 Å². The number of rotatable bonds is 7. The Morgan fingerprint density at radius 1 is 0.759 bits per heavy atom. The van der Waals surface area contributed by atoms with E-state index in [-0.39, 0.29) is 5.91 Å². The van der Waals surface area contributed by atoms with Crippen LogP contribution in [0.15, 0.2) is 78.9 Å². The number of amides is 2. The predicted octanol–water partition coefficient (Wildman–Crippen LogP) is 4.61. The van der Waals surface area contributed by atoms with Crippen LogP contribution in [0.3, 0.4) is 0 Å². The highest BCUT2D eigenvalue weighted by atomic mass is 16.5. The molecule has 0 aromatic heterocycles. The van der Waals surface area contributed by atoms with E-state index in [0.717, 1.165) is 24.0 Å². The fourth-order valence-electron chi connectivity index (χ4n) is 2.80. The number of nitrogens with one attached hydrogen (secondary N) is 2. The lowest BCUT2D eigenvalue weighted by Crippen LogP contribution is -2.41. The van der Waals surface area contributed by atoms with Crippen molar-refractivity contribution in [3.05, 3.63) is 90.0 Å². The van der Waals surface area contributed by atoms with E-state index in [1.54, 1.807) is 30.3 Å². The monoisotopic (exact) mass is 388 g/mol. The van der Waals surface area contributed by atoms with Crippen LogP contribution in [0.1, 0.15) is 40.5 Å². The number of carbonyl (C=O) groups is 2. The van der Waals surface area contributed by atoms with Crippen molar-refractivity contribution < 1.29 is 14.3 Å². The van der Waals surface area contributed by atoms with Gasteiger partial charge in [-0.15, -0.1) is 0 Å². The Labute approximate surface area is 170 Å². The van der Waals surface area contributed by atoms with E-state index in [9.17, 15) is 9.59 Å². The molecule has 0 bridgehead atoms. The summed E-state index contributed by atoms with van der Waals surface area (Å²) in [5.74, 6) is -0.311. The Morgan fingerprint density at radius 2 is 1.38 bits per heavy atom. The lowest BCUT2D eigenvalue weighted by Gasteiger charge is -2.12. The minimum absolute atomic E-state index is 0.378. The number of carbonyl (C=O) groups excluding carboxylic acids is 2. The predicted molar refractivity (Wildman–Crippen MR) is 114 cm³/mol. The lowest BCUT2D eigenvalue weighted by atomic mass is 10.0. The maximum absolute atomic E-state index is 12.5. The molecule has 0 saturated heterocycles. The Bertz CT molecular complexity index is 953. The number of hydrogen-bond acceptors (Lipinski definition) is 3. The Hall–Kier alpha value is -3.60. The van der Waals surface area contributed by atoms with Crippen LogP contribution in [0.2, 0.25) is 0 Å². The summed E-state index contributed by atoms with van der Waals surface area (Å²) in [7, 11) is 0. The topological polar surface area (TPSA) is 67.4 Å². The Morgan fingerprint density at radius 3 is 2.10 bits per heavy atom. The third-order valence-corrected chi connectivity index (χ3v) is 4.43. The first-order valence-corrected chi connectivity index (χ1v) is 9.67. The molecular weight excluding hydrogens is 364 g/mol. The molecule has 0 radical (unpaired) electrons. The van der Waals surface area contributed by atoms with Crippen LogP contribution >= 0.6 is 0 Å². The van der Waals surface area contributed by atoms with Gasteiger partial charge in [-0.25, -0.2) is 0 Å². The fraction of sp³-hybridized carbons (Fsp3) is 0.167. The zero-order valence-corrected chi connectivity index (χ0v) is 16.4. The summed E-state index contributed by atoms with van der Waals surface area (Å²) in [4.78, 5) is 24.8. The van der Waals surface area contributed by atoms with Crippen molar-refractivity contribution >= 4 is 11.8 Å². The SMILES string of the molecule is CCCCOc1ccccc1C(=O)NNC(=O)c1ccc(-c2ccccc2)cc1. The van der Waals surface area contributed by atoms with Gasteiger partial charge in [-0.1, -0.05) is 67.9 Å². The summed E-state index contributed by atoms with van der Waals surface area (Å²) in [6.07, 6.45) is 1.92. The minimum Gasteiger partial charge on any atom is -0.493 e. The van der Waals surface area contributed by atoms with Crippen molar-refractivity contribution in [3.8, 4) is 16.9 Å². The van der Waals surface area contributed by atoms with E-state index >= 15 is 0 Å². The molecule has 5 heteroatoms. The van der Waals surface area contributed by atoms with Gasteiger partial charge in [0.1, 0.15) is 5.75 Å². The van der Waals surface area contributed by atoms with Gasteiger partial charge in [-0.05, 0) is 41.8 Å². The molecule has 0 heterocycles. The van der Waals surface area contributed by atoms with Crippen LogP contribution in [0.4, 0.5) is 0 Å². The molecule has 29 heavy (non-hydrogen) atoms. The van der Waals surface area contributed by atoms with Crippen molar-refractivity contribution in [2.75, 3.05) is 6.61 Å². The van der Waals surface area contributed by atoms with Gasteiger partial charge < -0.3 is 4.74 Å². The third-order valence-electron chi connectivity index (χ3n) is 4.43. The van der Waals surface area contributed by atoms with Gasteiger partial charge in [-0.2, -0.15) is 0 Å². The molecule has 0 unspecified atom stereocenters. The summed E-state index contributed by atoms with van der Waals surface area (Å²) in [6, 6.07) is 24.1. The highest BCUT2D eigenvalue weighted by Crippen LogP contribution is 2.20. The average Bonchev–Trinajstić information content (AvgIpc) is 2.78. The first-order chi connectivity index (χ1) is 14.2. The highest BCUT2D eigenvalue weighted by molar-refractivity contribution is 6.00. The molecule has 148 valence electrons. The van der Waals surface area contributed by atoms with E-state index in [1.165, 1.54) is 0 Å². The standard InChI is InChI=1S/C24H24N2O3/c1-2-3-17-29-22-12-8-7-11-21(22)24(28)26-25-23(27)20-15-13-19(14-16-20)18-9-5-4-6-10-18/h4-16H,2-3,17H2,1H3,(H,25,27)(H,26,28). The van der Waals surface area contributed by atoms with Crippen molar-refractivity contribution in [1.29, 1.82) is 0 Å². The summed E-state index contributed by atoms with van der Waals surface area (Å²) in [5, 5.41) is 0. The molecule has 0 saturated carbocycles. The minimum atomic E-state index is -0.425. The quantitative estimate of drug-likeness (QED) is 0.459. The van der Waals surface area contributed by atoms with Gasteiger partial charge >= 0.3 is 0 Å². The van der Waals surface area contributed by atoms with Gasteiger partial charge in [0, 0.05) is 5.56 Å². The zero-order chi connectivity index (χ0) is 20.5. The largest absolute Gasteiger partial charge is 0.493 e. The second-order valence-corrected chi connectivity index (χ2v) is 6.55. The molecular formula is C24H24N2O3. The van der Waals surface area contributed by atoms with Gasteiger partial charge in [-0.3, -0.25) is 20.4 Å². The summed E-state index contributed by atoms with van der Waals surface area (Å²) < 4.78 is 5.67. The highest BCUT2D eigenvalue weighted by Gasteiger charge is 2.13. The Kier molecular flexibility index (Phi) is 7.00. The summed E-state index contributed by atoms with van der Waals surface area (Å²) in [6.45, 7) is 2.62. The number of para-hydroxylation sites is 1. The second kappa shape index (κ2) is 10.1. The van der Waals surface area contributed by atoms with Gasteiger partial charge in [0.2, 0.25) is 0 Å². The molecule has 3 aromatic rings. The van der Waals surface area contributed by atoms with Crippen LogP contribution in [0, 0.1) is 0 Å². The van der Waals surface area contributed by atoms with E-state index in [2.05, 4.69) is 17.8 Å². The van der Waals surface area contributed by atoms with Crippen LogP contribution in [0.25, 0.3) is 11.1 Å². The van der Waals surface area contributed by atoms with E-state index in [4.69, 9.17) is 4.74 Å². The summed E-state index contributed by atoms with van der Waals surface area (Å²) >= 11 is 0. The maximum Gasteiger partial charge on any atom is 0.273 e. The van der Waals surface area contributed by atoms with Crippen LogP contribution in [0.5, 0.6) is 5.75 Å². The Balaban J connectivity index is 1.60. The first kappa shape index (κ1) is 20.1. The van der Waals surface area contributed by atoms with Crippen molar-refractivity contribution in [2.45, 2.75) is 19.8 Å². The van der Waals surface area contributed by atoms with Crippen molar-refractivity contribution in [3.63, 3.8) is 0 Å². The molecule has 5 nitrogen and oxygen atoms in total. The number of benzene rings is 3. The third kappa shape index (κ3) is 5.45. The molecule has 0 spiro atoms. The molecule has 0 aliphatic carbocycles. The van der Waals surface area contributed by atoms with Crippen molar-refractivity contribution in [2.24, 2.45) is 0 Å². The molecule has 2 amide bonds. The van der Waals surface area contributed by atoms with Gasteiger partial charge in [0.15, 0.2) is 0 Å². The molecule has 0 atom stereocenters. The lowest BCUT2D eigenvalue weighted by molar-refractivity contribution is 0.0844. The molecule has 2 N–H and O–H groups in total. The fourth-order valence-corrected chi connectivity index (χ4v) is 2.80. The smallest absolute Gasteiger partial charge is 0.273 e. The molecule has 3 aromatic carbocycles. The number of ether oxygens (including phenoxy) is 1. The molecule has 3 rings (SSSR count). The second-order valence-electron chi connectivity index (χ2n) is 6.55. The number of unbranched alkanes of at least 4 members (excludes halogenated alkanes) is 1. The van der Waals surface area contributed by atoms with Crippen LogP contribution in [-0.2, 0) is 0 Å². The van der Waals surface area contributed by atoms with Gasteiger partial charge in [0.25, 0.3) is 11.8 Å². The average molecular weight is 388 g/mol. The van der Waals surface area contributed by atoms with Crippen LogP contribution in [-0.4, -0.2) is 18.4 Å². The van der Waals surface area contributed by atoms with E-state index in [0.29, 0.717) is 23.5 Å². The molecule has 0 fully saturated rings. The molecule has 0 aliphatic rings. The normalized spacial score (nSPS) is 10.2. The number of hydrazine groups is 1. The first-order valence-electron chi connectivity index (χ1n) is 9.67. The van der Waals surface area contributed by atoms with E-state index < -0.39 is 5.91 Å². The molecule has 0 aliphatic heterocycles.